The van der Waals surface area contributed by atoms with Gasteiger partial charge in [-0.3, -0.25) is 14.8 Å². The Kier molecular flexibility index (Phi) is 5.93. The number of nitrogens with one attached hydrogen (secondary N) is 2. The zero-order chi connectivity index (χ0) is 24.9. The lowest BCUT2D eigenvalue weighted by Crippen LogP contribution is -2.43. The first-order chi connectivity index (χ1) is 17.4. The Morgan fingerprint density at radius 1 is 1.31 bits per heavy atom. The van der Waals surface area contributed by atoms with Crippen molar-refractivity contribution in [3.8, 4) is 17.4 Å². The lowest BCUT2D eigenvalue weighted by atomic mass is 9.88. The van der Waals surface area contributed by atoms with Gasteiger partial charge in [0, 0.05) is 38.5 Å². The van der Waals surface area contributed by atoms with E-state index >= 15 is 0 Å². The zero-order valence-electron chi connectivity index (χ0n) is 21.1. The van der Waals surface area contributed by atoms with Gasteiger partial charge in [-0.15, -0.1) is 0 Å². The Labute approximate surface area is 209 Å². The van der Waals surface area contributed by atoms with Crippen LogP contribution in [0.25, 0.3) is 22.7 Å². The summed E-state index contributed by atoms with van der Waals surface area (Å²) in [6.45, 7) is 6.16. The number of aromatic amines is 2. The predicted molar refractivity (Wildman–Crippen MR) is 133 cm³/mol. The van der Waals surface area contributed by atoms with Crippen molar-refractivity contribution in [1.29, 1.82) is 0 Å². The molecular formula is C25H33N7O4. The van der Waals surface area contributed by atoms with Crippen LogP contribution >= 0.6 is 0 Å². The molecule has 1 aliphatic heterocycles. The van der Waals surface area contributed by atoms with Gasteiger partial charge in [0.15, 0.2) is 11.5 Å². The summed E-state index contributed by atoms with van der Waals surface area (Å²) in [4.78, 5) is 29.7. The van der Waals surface area contributed by atoms with E-state index in [1.807, 2.05) is 6.07 Å². The van der Waals surface area contributed by atoms with Crippen LogP contribution in [0, 0.1) is 11.3 Å². The summed E-state index contributed by atoms with van der Waals surface area (Å²) in [6.07, 6.45) is 3.33. The highest BCUT2D eigenvalue weighted by molar-refractivity contribution is 5.97. The number of methoxy groups -OCH3 is 1. The molecular weight excluding hydrogens is 462 g/mol. The van der Waals surface area contributed by atoms with Crippen LogP contribution < -0.4 is 9.64 Å². The SMILES string of the molecule is COCCOc1nc2[nH]c(-c3n[nH]c4c3C[C@@H]3C[C@]3(C)C4)nc2cc1N(C)C(=O)CN1CCOCC1. The summed E-state index contributed by atoms with van der Waals surface area (Å²) in [5, 5.41) is 7.85. The molecule has 1 saturated carbocycles. The fourth-order valence-corrected chi connectivity index (χ4v) is 5.44. The largest absolute Gasteiger partial charge is 0.474 e. The van der Waals surface area contributed by atoms with Gasteiger partial charge in [-0.25, -0.2) is 4.98 Å². The molecule has 36 heavy (non-hydrogen) atoms. The number of likely N-dealkylation sites (N-methyl/N-ethyl adjacent to an activating group) is 1. The van der Waals surface area contributed by atoms with Gasteiger partial charge in [0.25, 0.3) is 0 Å². The summed E-state index contributed by atoms with van der Waals surface area (Å²) in [5.41, 5.74) is 5.59. The molecule has 3 aliphatic rings. The molecule has 3 aromatic heterocycles. The molecule has 2 atom stereocenters. The second-order valence-electron chi connectivity index (χ2n) is 10.4. The standard InChI is InChI=1S/C25H33N7O4/c1-25-12-15(25)10-16-18(13-25)29-30-21(16)23-26-17-11-19(24(28-22(17)27-23)36-9-8-34-3)31(2)20(33)14-32-4-6-35-7-5-32/h11,15H,4-10,12-14H2,1-3H3,(H,29,30)(H,26,27,28)/t15-,25-/m1/s1. The number of fused-ring (bicyclic) bond motifs is 3. The highest BCUT2D eigenvalue weighted by Gasteiger charge is 2.53. The van der Waals surface area contributed by atoms with Crippen LogP contribution in [-0.2, 0) is 27.1 Å². The molecule has 11 nitrogen and oxygen atoms in total. The maximum absolute atomic E-state index is 13.1. The minimum absolute atomic E-state index is 0.0424. The first-order valence-electron chi connectivity index (χ1n) is 12.6. The van der Waals surface area contributed by atoms with Crippen LogP contribution in [-0.4, -0.2) is 96.2 Å². The van der Waals surface area contributed by atoms with Crippen molar-refractivity contribution in [3.63, 3.8) is 0 Å². The molecule has 1 amide bonds. The molecule has 0 aromatic carbocycles. The van der Waals surface area contributed by atoms with E-state index in [9.17, 15) is 4.79 Å². The molecule has 0 unspecified atom stereocenters. The van der Waals surface area contributed by atoms with Crippen LogP contribution in [0.3, 0.4) is 0 Å². The van der Waals surface area contributed by atoms with E-state index in [0.29, 0.717) is 66.9 Å². The molecule has 4 heterocycles. The number of amides is 1. The Balaban J connectivity index is 1.31. The number of ether oxygens (including phenoxy) is 3. The number of hydrogen-bond acceptors (Lipinski definition) is 8. The molecule has 0 spiro atoms. The lowest BCUT2D eigenvalue weighted by Gasteiger charge is -2.28. The van der Waals surface area contributed by atoms with Crippen molar-refractivity contribution in [1.82, 2.24) is 30.0 Å². The van der Waals surface area contributed by atoms with Crippen LogP contribution in [0.5, 0.6) is 5.88 Å². The molecule has 0 radical (unpaired) electrons. The number of anilines is 1. The minimum Gasteiger partial charge on any atom is -0.474 e. The number of aromatic nitrogens is 5. The zero-order valence-corrected chi connectivity index (χ0v) is 21.1. The summed E-state index contributed by atoms with van der Waals surface area (Å²) < 4.78 is 16.5. The van der Waals surface area contributed by atoms with Crippen molar-refractivity contribution in [2.45, 2.75) is 26.2 Å². The number of imidazole rings is 1. The van der Waals surface area contributed by atoms with E-state index in [0.717, 1.165) is 37.5 Å². The average Bonchev–Trinajstić information content (AvgIpc) is 3.16. The number of morpholine rings is 1. The molecule has 3 aromatic rings. The van der Waals surface area contributed by atoms with Crippen molar-refractivity contribution < 1.29 is 19.0 Å². The molecule has 2 N–H and O–H groups in total. The summed E-state index contributed by atoms with van der Waals surface area (Å²) in [7, 11) is 3.37. The maximum atomic E-state index is 13.1. The van der Waals surface area contributed by atoms with Gasteiger partial charge < -0.3 is 24.1 Å². The first-order valence-corrected chi connectivity index (χ1v) is 12.6. The van der Waals surface area contributed by atoms with Crippen LogP contribution in [0.2, 0.25) is 0 Å². The second-order valence-corrected chi connectivity index (χ2v) is 10.4. The molecule has 192 valence electrons. The van der Waals surface area contributed by atoms with Crippen LogP contribution in [0.15, 0.2) is 6.07 Å². The van der Waals surface area contributed by atoms with E-state index in [-0.39, 0.29) is 5.91 Å². The first kappa shape index (κ1) is 23.4. The van der Waals surface area contributed by atoms with Crippen molar-refractivity contribution in [2.75, 3.05) is 65.1 Å². The van der Waals surface area contributed by atoms with E-state index in [1.165, 1.54) is 17.7 Å². The summed E-state index contributed by atoms with van der Waals surface area (Å²) in [6, 6.07) is 1.86. The highest BCUT2D eigenvalue weighted by atomic mass is 16.5. The van der Waals surface area contributed by atoms with Gasteiger partial charge in [0.05, 0.1) is 26.4 Å². The van der Waals surface area contributed by atoms with E-state index in [4.69, 9.17) is 24.2 Å². The smallest absolute Gasteiger partial charge is 0.241 e. The third-order valence-electron chi connectivity index (χ3n) is 7.89. The summed E-state index contributed by atoms with van der Waals surface area (Å²) in [5.74, 6) is 1.73. The fourth-order valence-electron chi connectivity index (χ4n) is 5.44. The quantitative estimate of drug-likeness (QED) is 0.454. The third-order valence-corrected chi connectivity index (χ3v) is 7.89. The number of rotatable bonds is 8. The molecule has 1 saturated heterocycles. The van der Waals surface area contributed by atoms with Gasteiger partial charge in [-0.05, 0) is 36.7 Å². The number of nitrogens with zero attached hydrogens (tertiary/aromatic N) is 5. The molecule has 6 rings (SSSR count). The van der Waals surface area contributed by atoms with Crippen molar-refractivity contribution in [3.05, 3.63) is 17.3 Å². The average molecular weight is 496 g/mol. The van der Waals surface area contributed by atoms with Gasteiger partial charge in [0.2, 0.25) is 11.8 Å². The Morgan fingerprint density at radius 2 is 2.14 bits per heavy atom. The Bertz CT molecular complexity index is 1280. The fraction of sp³-hybridized carbons (Fsp3) is 0.600. The van der Waals surface area contributed by atoms with Gasteiger partial charge in [0.1, 0.15) is 23.5 Å². The van der Waals surface area contributed by atoms with Crippen LogP contribution in [0.4, 0.5) is 5.69 Å². The number of H-pyrrole nitrogens is 2. The topological polar surface area (TPSA) is 121 Å². The van der Waals surface area contributed by atoms with Crippen molar-refractivity contribution >= 4 is 22.8 Å². The molecule has 2 aliphatic carbocycles. The third kappa shape index (κ3) is 4.25. The number of carbonyl (C=O) groups is 1. The van der Waals surface area contributed by atoms with Gasteiger partial charge in [-0.1, -0.05) is 6.92 Å². The second kappa shape index (κ2) is 9.13. The number of pyridine rings is 1. The summed E-state index contributed by atoms with van der Waals surface area (Å²) >= 11 is 0. The predicted octanol–water partition coefficient (Wildman–Crippen LogP) is 1.79. The Hall–Kier alpha value is -3.02. The Morgan fingerprint density at radius 3 is 2.94 bits per heavy atom. The molecule has 2 fully saturated rings. The molecule has 0 bridgehead atoms. The monoisotopic (exact) mass is 495 g/mol. The van der Waals surface area contributed by atoms with Gasteiger partial charge in [-0.2, -0.15) is 10.1 Å². The maximum Gasteiger partial charge on any atom is 0.241 e. The minimum atomic E-state index is -0.0424. The van der Waals surface area contributed by atoms with E-state index in [2.05, 4.69) is 27.0 Å². The van der Waals surface area contributed by atoms with E-state index < -0.39 is 0 Å². The number of carbonyl (C=O) groups excluding carboxylic acids is 1. The lowest BCUT2D eigenvalue weighted by molar-refractivity contribution is -0.120. The highest BCUT2D eigenvalue weighted by Crippen LogP contribution is 2.59. The van der Waals surface area contributed by atoms with E-state index in [1.54, 1.807) is 19.1 Å². The van der Waals surface area contributed by atoms with Crippen LogP contribution in [0.1, 0.15) is 24.6 Å². The normalized spacial score (nSPS) is 23.4. The van der Waals surface area contributed by atoms with Gasteiger partial charge >= 0.3 is 0 Å². The van der Waals surface area contributed by atoms with Crippen molar-refractivity contribution in [2.24, 2.45) is 11.3 Å². The number of hydrogen-bond donors (Lipinski definition) is 2. The molecule has 11 heteroatoms.